The van der Waals surface area contributed by atoms with Crippen LogP contribution in [0.25, 0.3) is 0 Å². The van der Waals surface area contributed by atoms with Gasteiger partial charge in [-0.2, -0.15) is 11.8 Å². The van der Waals surface area contributed by atoms with E-state index in [1.54, 1.807) is 19.1 Å². The van der Waals surface area contributed by atoms with Crippen LogP contribution in [0.2, 0.25) is 0 Å². The van der Waals surface area contributed by atoms with Gasteiger partial charge in [-0.1, -0.05) is 6.92 Å². The summed E-state index contributed by atoms with van der Waals surface area (Å²) in [6.07, 6.45) is 0.706. The van der Waals surface area contributed by atoms with Gasteiger partial charge in [0.1, 0.15) is 11.9 Å². The standard InChI is InChI=1S/C19H25FN2O4S/c1-2-13(18(23)24)10-15-12-22(19(25)26-15)14-4-5-17(16(20)11-14)21-6-3-8-27-9-7-21/h4-5,11,13,15H,2-3,6-10,12H2,1H3,(H,23,24). The molecule has 0 aromatic heterocycles. The van der Waals surface area contributed by atoms with E-state index in [1.165, 1.54) is 11.0 Å². The highest BCUT2D eigenvalue weighted by Gasteiger charge is 2.35. The number of rotatable bonds is 6. The van der Waals surface area contributed by atoms with Gasteiger partial charge in [-0.05, 0) is 43.2 Å². The van der Waals surface area contributed by atoms with Crippen LogP contribution in [-0.4, -0.2) is 54.4 Å². The summed E-state index contributed by atoms with van der Waals surface area (Å²) in [6.45, 7) is 3.66. The lowest BCUT2D eigenvalue weighted by molar-refractivity contribution is -0.142. The molecule has 148 valence electrons. The van der Waals surface area contributed by atoms with Crippen LogP contribution >= 0.6 is 11.8 Å². The van der Waals surface area contributed by atoms with Gasteiger partial charge < -0.3 is 14.7 Å². The monoisotopic (exact) mass is 396 g/mol. The fourth-order valence-electron chi connectivity index (χ4n) is 3.52. The lowest BCUT2D eigenvalue weighted by Gasteiger charge is -2.24. The van der Waals surface area contributed by atoms with E-state index in [9.17, 15) is 19.1 Å². The number of nitrogens with zero attached hydrogens (tertiary/aromatic N) is 2. The smallest absolute Gasteiger partial charge is 0.414 e. The van der Waals surface area contributed by atoms with E-state index in [-0.39, 0.29) is 18.8 Å². The molecule has 3 rings (SSSR count). The van der Waals surface area contributed by atoms with Gasteiger partial charge in [-0.3, -0.25) is 9.69 Å². The van der Waals surface area contributed by atoms with Crippen LogP contribution in [0.1, 0.15) is 26.2 Å². The number of amides is 1. The number of carbonyl (C=O) groups excluding carboxylic acids is 1. The average molecular weight is 396 g/mol. The molecule has 0 spiro atoms. The third-order valence-corrected chi connectivity index (χ3v) is 6.12. The molecule has 1 N–H and O–H groups in total. The second-order valence-electron chi connectivity index (χ2n) is 6.88. The molecule has 1 amide bonds. The normalized spacial score (nSPS) is 21.7. The Hall–Kier alpha value is -1.96. The molecule has 1 aromatic carbocycles. The Morgan fingerprint density at radius 3 is 2.93 bits per heavy atom. The first kappa shape index (κ1) is 19.8. The Morgan fingerprint density at radius 2 is 2.22 bits per heavy atom. The minimum Gasteiger partial charge on any atom is -0.481 e. The van der Waals surface area contributed by atoms with Crippen LogP contribution in [0.3, 0.4) is 0 Å². The van der Waals surface area contributed by atoms with Crippen LogP contribution in [0.15, 0.2) is 18.2 Å². The second-order valence-corrected chi connectivity index (χ2v) is 8.11. The van der Waals surface area contributed by atoms with Crippen LogP contribution in [-0.2, 0) is 9.53 Å². The Bertz CT molecular complexity index is 694. The number of cyclic esters (lactones) is 1. The maximum atomic E-state index is 14.7. The van der Waals surface area contributed by atoms with Gasteiger partial charge in [-0.25, -0.2) is 9.18 Å². The van der Waals surface area contributed by atoms with Crippen molar-refractivity contribution in [2.45, 2.75) is 32.3 Å². The van der Waals surface area contributed by atoms with Gasteiger partial charge in [0.05, 0.1) is 23.8 Å². The first-order valence-corrected chi connectivity index (χ1v) is 10.5. The van der Waals surface area contributed by atoms with Crippen molar-refractivity contribution in [2.24, 2.45) is 5.92 Å². The van der Waals surface area contributed by atoms with Crippen molar-refractivity contribution in [1.29, 1.82) is 0 Å². The number of halogens is 1. The quantitative estimate of drug-likeness (QED) is 0.792. The van der Waals surface area contributed by atoms with Crippen molar-refractivity contribution in [3.8, 4) is 0 Å². The number of thioether (sulfide) groups is 1. The highest BCUT2D eigenvalue weighted by Crippen LogP contribution is 2.30. The van der Waals surface area contributed by atoms with Crippen LogP contribution in [0, 0.1) is 11.7 Å². The lowest BCUT2D eigenvalue weighted by atomic mass is 9.99. The number of benzene rings is 1. The van der Waals surface area contributed by atoms with E-state index in [4.69, 9.17) is 4.74 Å². The lowest BCUT2D eigenvalue weighted by Crippen LogP contribution is -2.28. The molecule has 2 aliphatic rings. The minimum absolute atomic E-state index is 0.238. The summed E-state index contributed by atoms with van der Waals surface area (Å²) in [4.78, 5) is 26.8. The molecule has 8 heteroatoms. The fourth-order valence-corrected chi connectivity index (χ4v) is 4.41. The molecule has 2 heterocycles. The zero-order valence-corrected chi connectivity index (χ0v) is 16.2. The van der Waals surface area contributed by atoms with Gasteiger partial charge in [0.15, 0.2) is 0 Å². The molecule has 2 unspecified atom stereocenters. The predicted molar refractivity (Wildman–Crippen MR) is 104 cm³/mol. The van der Waals surface area contributed by atoms with Crippen LogP contribution in [0.4, 0.5) is 20.6 Å². The van der Waals surface area contributed by atoms with E-state index in [1.807, 2.05) is 16.7 Å². The number of hydrogen-bond acceptors (Lipinski definition) is 5. The summed E-state index contributed by atoms with van der Waals surface area (Å²) in [7, 11) is 0. The summed E-state index contributed by atoms with van der Waals surface area (Å²) in [5, 5.41) is 9.18. The minimum atomic E-state index is -0.891. The van der Waals surface area contributed by atoms with E-state index < -0.39 is 24.1 Å². The topological polar surface area (TPSA) is 70.1 Å². The number of carbonyl (C=O) groups is 2. The predicted octanol–water partition coefficient (Wildman–Crippen LogP) is 3.60. The Balaban J connectivity index is 1.70. The summed E-state index contributed by atoms with van der Waals surface area (Å²) in [5.74, 6) is 0.268. The van der Waals surface area contributed by atoms with E-state index in [0.29, 0.717) is 17.8 Å². The maximum absolute atomic E-state index is 14.7. The highest BCUT2D eigenvalue weighted by molar-refractivity contribution is 7.99. The van der Waals surface area contributed by atoms with Crippen molar-refractivity contribution in [3.63, 3.8) is 0 Å². The molecular weight excluding hydrogens is 371 g/mol. The number of aliphatic carboxylic acids is 1. The highest BCUT2D eigenvalue weighted by atomic mass is 32.2. The molecule has 0 bridgehead atoms. The summed E-state index contributed by atoms with van der Waals surface area (Å²) in [5.41, 5.74) is 0.999. The molecule has 2 aliphatic heterocycles. The second kappa shape index (κ2) is 8.82. The van der Waals surface area contributed by atoms with E-state index in [2.05, 4.69) is 0 Å². The van der Waals surface area contributed by atoms with Crippen LogP contribution < -0.4 is 9.80 Å². The summed E-state index contributed by atoms with van der Waals surface area (Å²) >= 11 is 1.88. The molecule has 0 radical (unpaired) electrons. The van der Waals surface area contributed by atoms with Gasteiger partial charge in [0.2, 0.25) is 0 Å². The van der Waals surface area contributed by atoms with Crippen molar-refractivity contribution in [1.82, 2.24) is 0 Å². The van der Waals surface area contributed by atoms with Crippen molar-refractivity contribution < 1.29 is 23.8 Å². The first-order valence-electron chi connectivity index (χ1n) is 9.32. The van der Waals surface area contributed by atoms with E-state index in [0.717, 1.165) is 31.0 Å². The Labute approximate surface area is 162 Å². The molecule has 1 aromatic rings. The van der Waals surface area contributed by atoms with Gasteiger partial charge in [0, 0.05) is 18.8 Å². The van der Waals surface area contributed by atoms with Gasteiger partial charge in [0.25, 0.3) is 0 Å². The number of hydrogen-bond donors (Lipinski definition) is 1. The number of ether oxygens (including phenoxy) is 1. The molecule has 2 atom stereocenters. The summed E-state index contributed by atoms with van der Waals surface area (Å²) < 4.78 is 20.0. The molecule has 6 nitrogen and oxygen atoms in total. The molecule has 27 heavy (non-hydrogen) atoms. The number of anilines is 2. The van der Waals surface area contributed by atoms with Crippen molar-refractivity contribution in [3.05, 3.63) is 24.0 Å². The number of carboxylic acids is 1. The molecule has 2 fully saturated rings. The maximum Gasteiger partial charge on any atom is 0.414 e. The van der Waals surface area contributed by atoms with Crippen LogP contribution in [0.5, 0.6) is 0 Å². The SMILES string of the molecule is CCC(CC1CN(c2ccc(N3CCCSCC3)c(F)c2)C(=O)O1)C(=O)O. The third kappa shape index (κ3) is 4.66. The Kier molecular flexibility index (Phi) is 6.46. The van der Waals surface area contributed by atoms with E-state index >= 15 is 0 Å². The largest absolute Gasteiger partial charge is 0.481 e. The fraction of sp³-hybridized carbons (Fsp3) is 0.579. The van der Waals surface area contributed by atoms with Gasteiger partial charge >= 0.3 is 12.1 Å². The molecule has 0 saturated carbocycles. The third-order valence-electron chi connectivity index (χ3n) is 5.07. The number of carboxylic acid groups (broad SMARTS) is 1. The zero-order valence-electron chi connectivity index (χ0n) is 15.4. The zero-order chi connectivity index (χ0) is 19.4. The van der Waals surface area contributed by atoms with Crippen molar-refractivity contribution in [2.75, 3.05) is 40.9 Å². The van der Waals surface area contributed by atoms with Gasteiger partial charge in [-0.15, -0.1) is 0 Å². The Morgan fingerprint density at radius 1 is 1.41 bits per heavy atom. The first-order chi connectivity index (χ1) is 13.0. The van der Waals surface area contributed by atoms with Crippen molar-refractivity contribution >= 4 is 35.2 Å². The molecule has 0 aliphatic carbocycles. The molecule has 2 saturated heterocycles. The average Bonchev–Trinajstić information content (AvgIpc) is 2.83. The molecular formula is C19H25FN2O4S. The summed E-state index contributed by atoms with van der Waals surface area (Å²) in [6, 6.07) is 4.81.